The van der Waals surface area contributed by atoms with E-state index >= 15 is 0 Å². The van der Waals surface area contributed by atoms with Crippen LogP contribution in [0.2, 0.25) is 0 Å². The monoisotopic (exact) mass is 575 g/mol. The number of benzene rings is 4. The fourth-order valence-electron chi connectivity index (χ4n) is 6.01. The molecule has 1 amide bonds. The Kier molecular flexibility index (Phi) is 11.4. The normalized spacial score (nSPS) is 15.5. The molecule has 0 spiro atoms. The van der Waals surface area contributed by atoms with Crippen LogP contribution in [0.25, 0.3) is 0 Å². The zero-order chi connectivity index (χ0) is 29.7. The molecule has 0 saturated carbocycles. The minimum Gasteiger partial charge on any atom is -0.489 e. The number of rotatable bonds is 14. The van der Waals surface area contributed by atoms with Gasteiger partial charge in [-0.25, -0.2) is 0 Å². The summed E-state index contributed by atoms with van der Waals surface area (Å²) in [5.74, 6) is 1.04. The first-order valence-electron chi connectivity index (χ1n) is 15.8. The number of likely N-dealkylation sites (tertiary alicyclic amines) is 1. The maximum absolute atomic E-state index is 12.9. The van der Waals surface area contributed by atoms with E-state index in [1.54, 1.807) is 0 Å². The van der Waals surface area contributed by atoms with Crippen LogP contribution in [0, 0.1) is 0 Å². The number of ether oxygens (including phenoxy) is 1. The predicted octanol–water partition coefficient (Wildman–Crippen LogP) is 7.00. The minimum absolute atomic E-state index is 0.0459. The van der Waals surface area contributed by atoms with Gasteiger partial charge in [0.15, 0.2) is 0 Å². The Balaban J connectivity index is 1.11. The van der Waals surface area contributed by atoms with E-state index in [0.717, 1.165) is 64.3 Å². The molecule has 1 fully saturated rings. The zero-order valence-electron chi connectivity index (χ0n) is 25.4. The Labute approximate surface area is 257 Å². The standard InChI is InChI=1S/C38H45N3O2/c1-2-40(28-31-15-6-3-7-16-31)26-14-24-39-38(42)34-21-12-22-35(27-34)43-36-23-13-25-41(29-36)30-37(32-17-8-4-9-18-32)33-19-10-5-11-20-33/h3-12,15-22,27,36-37H,2,13-14,23-26,28-30H2,1H3,(H,39,42). The largest absolute Gasteiger partial charge is 0.489 e. The Bertz CT molecular complexity index is 1340. The van der Waals surface area contributed by atoms with Crippen LogP contribution in [0.3, 0.4) is 0 Å². The summed E-state index contributed by atoms with van der Waals surface area (Å²) in [6, 6.07) is 39.8. The van der Waals surface area contributed by atoms with E-state index in [2.05, 4.69) is 107 Å². The van der Waals surface area contributed by atoms with Gasteiger partial charge in [0.1, 0.15) is 11.9 Å². The number of piperidine rings is 1. The number of hydrogen-bond acceptors (Lipinski definition) is 4. The average Bonchev–Trinajstić information content (AvgIpc) is 3.06. The van der Waals surface area contributed by atoms with Crippen LogP contribution in [0.5, 0.6) is 5.75 Å². The SMILES string of the molecule is CCN(CCCNC(=O)c1cccc(OC2CCCN(CC(c3ccccc3)c3ccccc3)C2)c1)Cc1ccccc1. The summed E-state index contributed by atoms with van der Waals surface area (Å²) in [6.07, 6.45) is 3.13. The van der Waals surface area contributed by atoms with Gasteiger partial charge in [0.25, 0.3) is 5.91 Å². The Morgan fingerprint density at radius 1 is 0.907 bits per heavy atom. The van der Waals surface area contributed by atoms with E-state index < -0.39 is 0 Å². The van der Waals surface area contributed by atoms with Crippen LogP contribution < -0.4 is 10.1 Å². The van der Waals surface area contributed by atoms with Crippen molar-refractivity contribution in [2.24, 2.45) is 0 Å². The lowest BCUT2D eigenvalue weighted by atomic mass is 9.90. The van der Waals surface area contributed by atoms with Crippen molar-refractivity contribution in [1.29, 1.82) is 0 Å². The summed E-state index contributed by atoms with van der Waals surface area (Å²) >= 11 is 0. The molecule has 4 aromatic carbocycles. The van der Waals surface area contributed by atoms with Crippen molar-refractivity contribution in [3.8, 4) is 5.75 Å². The van der Waals surface area contributed by atoms with E-state index in [-0.39, 0.29) is 12.0 Å². The molecule has 1 atom stereocenters. The van der Waals surface area contributed by atoms with Crippen LogP contribution in [0.4, 0.5) is 0 Å². The molecule has 5 nitrogen and oxygen atoms in total. The molecule has 1 heterocycles. The molecule has 5 rings (SSSR count). The van der Waals surface area contributed by atoms with Gasteiger partial charge in [0.05, 0.1) is 0 Å². The van der Waals surface area contributed by atoms with Gasteiger partial charge in [0, 0.05) is 44.2 Å². The van der Waals surface area contributed by atoms with E-state index in [1.807, 2.05) is 30.3 Å². The van der Waals surface area contributed by atoms with Gasteiger partial charge in [-0.3, -0.25) is 14.6 Å². The molecule has 0 radical (unpaired) electrons. The zero-order valence-corrected chi connectivity index (χ0v) is 25.4. The van der Waals surface area contributed by atoms with Crippen molar-refractivity contribution >= 4 is 5.91 Å². The molecule has 1 aliphatic rings. The summed E-state index contributed by atoms with van der Waals surface area (Å²) in [5.41, 5.74) is 4.65. The highest BCUT2D eigenvalue weighted by Crippen LogP contribution is 2.28. The highest BCUT2D eigenvalue weighted by molar-refractivity contribution is 5.94. The molecule has 0 aliphatic carbocycles. The number of hydrogen-bond donors (Lipinski definition) is 1. The highest BCUT2D eigenvalue weighted by atomic mass is 16.5. The van der Waals surface area contributed by atoms with Crippen LogP contribution in [0.1, 0.15) is 59.2 Å². The van der Waals surface area contributed by atoms with Gasteiger partial charge in [0.2, 0.25) is 0 Å². The van der Waals surface area contributed by atoms with E-state index in [1.165, 1.54) is 16.7 Å². The molecule has 4 aromatic rings. The molecular formula is C38H45N3O2. The Morgan fingerprint density at radius 3 is 2.26 bits per heavy atom. The minimum atomic E-state index is -0.0459. The fraction of sp³-hybridized carbons (Fsp3) is 0.342. The van der Waals surface area contributed by atoms with Crippen LogP contribution in [-0.2, 0) is 6.54 Å². The summed E-state index contributed by atoms with van der Waals surface area (Å²) in [5, 5.41) is 3.10. The van der Waals surface area contributed by atoms with Gasteiger partial charge < -0.3 is 10.1 Å². The molecule has 1 unspecified atom stereocenters. The molecule has 1 aliphatic heterocycles. The second kappa shape index (κ2) is 16.1. The van der Waals surface area contributed by atoms with E-state index in [9.17, 15) is 4.79 Å². The molecule has 1 N–H and O–H groups in total. The third-order valence-corrected chi connectivity index (χ3v) is 8.34. The van der Waals surface area contributed by atoms with Crippen molar-refractivity contribution in [1.82, 2.24) is 15.1 Å². The van der Waals surface area contributed by atoms with Gasteiger partial charge in [-0.15, -0.1) is 0 Å². The fourth-order valence-corrected chi connectivity index (χ4v) is 6.01. The summed E-state index contributed by atoms with van der Waals surface area (Å²) in [4.78, 5) is 17.9. The summed E-state index contributed by atoms with van der Waals surface area (Å²) < 4.78 is 6.47. The quantitative estimate of drug-likeness (QED) is 0.164. The second-order valence-corrected chi connectivity index (χ2v) is 11.5. The molecule has 0 aromatic heterocycles. The number of nitrogens with one attached hydrogen (secondary N) is 1. The van der Waals surface area contributed by atoms with Crippen LogP contribution in [0.15, 0.2) is 115 Å². The lowest BCUT2D eigenvalue weighted by molar-refractivity contribution is 0.0861. The number of nitrogens with zero attached hydrogens (tertiary/aromatic N) is 2. The first kappa shape index (κ1) is 30.5. The maximum Gasteiger partial charge on any atom is 0.251 e. The van der Waals surface area contributed by atoms with E-state index in [4.69, 9.17) is 4.74 Å². The molecule has 43 heavy (non-hydrogen) atoms. The van der Waals surface area contributed by atoms with Crippen molar-refractivity contribution in [2.75, 3.05) is 39.3 Å². The third kappa shape index (κ3) is 9.28. The van der Waals surface area contributed by atoms with Crippen LogP contribution >= 0.6 is 0 Å². The molecule has 224 valence electrons. The van der Waals surface area contributed by atoms with Crippen molar-refractivity contribution in [3.05, 3.63) is 138 Å². The number of amides is 1. The first-order valence-corrected chi connectivity index (χ1v) is 15.8. The van der Waals surface area contributed by atoms with Gasteiger partial charge >= 0.3 is 0 Å². The van der Waals surface area contributed by atoms with Gasteiger partial charge in [-0.1, -0.05) is 104 Å². The third-order valence-electron chi connectivity index (χ3n) is 8.34. The van der Waals surface area contributed by atoms with Crippen LogP contribution in [-0.4, -0.2) is 61.1 Å². The average molecular weight is 576 g/mol. The Hall–Kier alpha value is -3.93. The smallest absolute Gasteiger partial charge is 0.251 e. The van der Waals surface area contributed by atoms with Gasteiger partial charge in [-0.2, -0.15) is 0 Å². The molecule has 0 bridgehead atoms. The van der Waals surface area contributed by atoms with Gasteiger partial charge in [-0.05, 0) is 67.2 Å². The number of carbonyl (C=O) groups excluding carboxylic acids is 1. The maximum atomic E-state index is 12.9. The molecular weight excluding hydrogens is 530 g/mol. The number of carbonyl (C=O) groups is 1. The van der Waals surface area contributed by atoms with E-state index in [0.29, 0.717) is 18.0 Å². The first-order chi connectivity index (χ1) is 21.2. The highest BCUT2D eigenvalue weighted by Gasteiger charge is 2.25. The van der Waals surface area contributed by atoms with Crippen molar-refractivity contribution < 1.29 is 9.53 Å². The lowest BCUT2D eigenvalue weighted by Crippen LogP contribution is -2.43. The summed E-state index contributed by atoms with van der Waals surface area (Å²) in [6.45, 7) is 8.60. The second-order valence-electron chi connectivity index (χ2n) is 11.5. The lowest BCUT2D eigenvalue weighted by Gasteiger charge is -2.35. The molecule has 5 heteroatoms. The topological polar surface area (TPSA) is 44.8 Å². The van der Waals surface area contributed by atoms with Crippen molar-refractivity contribution in [2.45, 2.75) is 44.8 Å². The van der Waals surface area contributed by atoms with Crippen molar-refractivity contribution in [3.63, 3.8) is 0 Å². The molecule has 1 saturated heterocycles. The Morgan fingerprint density at radius 2 is 1.58 bits per heavy atom. The predicted molar refractivity (Wildman–Crippen MR) is 176 cm³/mol. The summed E-state index contributed by atoms with van der Waals surface area (Å²) in [7, 11) is 0.